The molecule has 0 radical (unpaired) electrons. The lowest BCUT2D eigenvalue weighted by Crippen LogP contribution is -2.56. The molecule has 0 heterocycles. The van der Waals surface area contributed by atoms with Gasteiger partial charge in [0.25, 0.3) is 10.2 Å². The van der Waals surface area contributed by atoms with Crippen molar-refractivity contribution in [2.75, 3.05) is 27.4 Å². The summed E-state index contributed by atoms with van der Waals surface area (Å²) >= 11 is 0. The lowest BCUT2D eigenvalue weighted by molar-refractivity contribution is -0.147. The van der Waals surface area contributed by atoms with Crippen molar-refractivity contribution in [2.24, 2.45) is 0 Å². The lowest BCUT2D eigenvalue weighted by Gasteiger charge is -2.27. The van der Waals surface area contributed by atoms with E-state index in [4.69, 9.17) is 4.74 Å². The van der Waals surface area contributed by atoms with E-state index in [1.807, 2.05) is 6.92 Å². The molecule has 0 aliphatic carbocycles. The highest BCUT2D eigenvalue weighted by atomic mass is 32.2. The minimum absolute atomic E-state index is 0.134. The van der Waals surface area contributed by atoms with Crippen molar-refractivity contribution in [3.8, 4) is 0 Å². The molecule has 0 aliphatic rings. The summed E-state index contributed by atoms with van der Waals surface area (Å²) in [6, 6.07) is 0. The predicted octanol–water partition coefficient (Wildman–Crippen LogP) is -0.211. The molecule has 0 aliphatic heterocycles. The zero-order chi connectivity index (χ0) is 14.2. The van der Waals surface area contributed by atoms with E-state index in [0.717, 1.165) is 0 Å². The number of rotatable bonds is 9. The first-order valence-electron chi connectivity index (χ1n) is 5.67. The highest BCUT2D eigenvalue weighted by Gasteiger charge is 2.37. The van der Waals surface area contributed by atoms with E-state index >= 15 is 0 Å². The molecule has 0 saturated carbocycles. The summed E-state index contributed by atoms with van der Waals surface area (Å²) in [7, 11) is -1.07. The van der Waals surface area contributed by atoms with Crippen molar-refractivity contribution < 1.29 is 22.7 Å². The van der Waals surface area contributed by atoms with Crippen LogP contribution < -0.4 is 9.44 Å². The molecule has 0 rings (SSSR count). The van der Waals surface area contributed by atoms with Crippen molar-refractivity contribution in [3.63, 3.8) is 0 Å². The number of methoxy groups -OCH3 is 2. The standard InChI is InChI=1S/C10H22N2O5S/c1-5-6-10(2,9(13)17-4)12-18(14,15)11-7-8-16-3/h11-12H,5-8H2,1-4H3. The van der Waals surface area contributed by atoms with Gasteiger partial charge in [0.1, 0.15) is 5.54 Å². The Morgan fingerprint density at radius 3 is 2.39 bits per heavy atom. The molecule has 0 aromatic heterocycles. The highest BCUT2D eigenvalue weighted by Crippen LogP contribution is 2.15. The van der Waals surface area contributed by atoms with Gasteiger partial charge in [-0.1, -0.05) is 13.3 Å². The van der Waals surface area contributed by atoms with Crippen LogP contribution in [0.4, 0.5) is 0 Å². The largest absolute Gasteiger partial charge is 0.468 e. The molecular formula is C10H22N2O5S. The van der Waals surface area contributed by atoms with Crippen LogP contribution >= 0.6 is 0 Å². The molecule has 1 atom stereocenters. The summed E-state index contributed by atoms with van der Waals surface area (Å²) in [6.07, 6.45) is 0.997. The Morgan fingerprint density at radius 1 is 1.33 bits per heavy atom. The zero-order valence-corrected chi connectivity index (χ0v) is 12.1. The summed E-state index contributed by atoms with van der Waals surface area (Å²) < 4.78 is 37.4. The lowest BCUT2D eigenvalue weighted by atomic mass is 9.98. The number of carbonyl (C=O) groups is 1. The van der Waals surface area contributed by atoms with E-state index in [9.17, 15) is 13.2 Å². The van der Waals surface area contributed by atoms with Gasteiger partial charge in [-0.2, -0.15) is 17.9 Å². The van der Waals surface area contributed by atoms with Gasteiger partial charge in [0.2, 0.25) is 0 Å². The third kappa shape index (κ3) is 5.76. The summed E-state index contributed by atoms with van der Waals surface area (Å²) in [6.45, 7) is 3.74. The minimum atomic E-state index is -3.77. The quantitative estimate of drug-likeness (QED) is 0.451. The number of carbonyl (C=O) groups excluding carboxylic acids is 1. The second-order valence-electron chi connectivity index (χ2n) is 4.07. The van der Waals surface area contributed by atoms with Crippen LogP contribution in [-0.2, 0) is 24.5 Å². The van der Waals surface area contributed by atoms with Crippen LogP contribution in [-0.4, -0.2) is 47.3 Å². The Hall–Kier alpha value is -0.700. The van der Waals surface area contributed by atoms with Crippen molar-refractivity contribution in [3.05, 3.63) is 0 Å². The van der Waals surface area contributed by atoms with E-state index in [-0.39, 0.29) is 13.2 Å². The van der Waals surface area contributed by atoms with Crippen molar-refractivity contribution in [1.29, 1.82) is 0 Å². The van der Waals surface area contributed by atoms with Gasteiger partial charge >= 0.3 is 5.97 Å². The molecule has 0 saturated heterocycles. The Bertz CT molecular complexity index is 357. The third-order valence-electron chi connectivity index (χ3n) is 2.34. The number of ether oxygens (including phenoxy) is 2. The molecular weight excluding hydrogens is 260 g/mol. The average Bonchev–Trinajstić information content (AvgIpc) is 2.27. The van der Waals surface area contributed by atoms with Gasteiger partial charge in [0.05, 0.1) is 13.7 Å². The average molecular weight is 282 g/mol. The maximum absolute atomic E-state index is 11.7. The Morgan fingerprint density at radius 2 is 1.94 bits per heavy atom. The normalized spacial score (nSPS) is 15.1. The van der Waals surface area contributed by atoms with Crippen LogP contribution in [0.25, 0.3) is 0 Å². The maximum atomic E-state index is 11.7. The van der Waals surface area contributed by atoms with Gasteiger partial charge in [-0.05, 0) is 13.3 Å². The minimum Gasteiger partial charge on any atom is -0.468 e. The zero-order valence-electron chi connectivity index (χ0n) is 11.3. The first-order chi connectivity index (χ1) is 8.31. The van der Waals surface area contributed by atoms with Gasteiger partial charge in [-0.15, -0.1) is 0 Å². The predicted molar refractivity (Wildman–Crippen MR) is 67.3 cm³/mol. The Balaban J connectivity index is 4.71. The van der Waals surface area contributed by atoms with Crippen LogP contribution in [0.3, 0.4) is 0 Å². The van der Waals surface area contributed by atoms with Crippen LogP contribution in [0, 0.1) is 0 Å². The molecule has 0 spiro atoms. The first kappa shape index (κ1) is 17.3. The fraction of sp³-hybridized carbons (Fsp3) is 0.900. The maximum Gasteiger partial charge on any atom is 0.326 e. The second kappa shape index (κ2) is 7.67. The molecule has 2 N–H and O–H groups in total. The number of nitrogens with one attached hydrogen (secondary N) is 2. The van der Waals surface area contributed by atoms with Crippen molar-refractivity contribution in [2.45, 2.75) is 32.2 Å². The molecule has 0 amide bonds. The van der Waals surface area contributed by atoms with E-state index in [1.165, 1.54) is 21.1 Å². The molecule has 0 aromatic carbocycles. The van der Waals surface area contributed by atoms with Crippen LogP contribution in [0.2, 0.25) is 0 Å². The van der Waals surface area contributed by atoms with Crippen LogP contribution in [0.1, 0.15) is 26.7 Å². The molecule has 0 aromatic rings. The Kier molecular flexibility index (Phi) is 7.37. The fourth-order valence-electron chi connectivity index (χ4n) is 1.53. The van der Waals surface area contributed by atoms with E-state index in [2.05, 4.69) is 14.2 Å². The van der Waals surface area contributed by atoms with Crippen LogP contribution in [0.15, 0.2) is 0 Å². The molecule has 7 nitrogen and oxygen atoms in total. The van der Waals surface area contributed by atoms with Crippen molar-refractivity contribution in [1.82, 2.24) is 9.44 Å². The van der Waals surface area contributed by atoms with Crippen LogP contribution in [0.5, 0.6) is 0 Å². The number of esters is 1. The van der Waals surface area contributed by atoms with Gasteiger partial charge < -0.3 is 9.47 Å². The topological polar surface area (TPSA) is 93.7 Å². The molecule has 0 fully saturated rings. The molecule has 108 valence electrons. The van der Waals surface area contributed by atoms with Gasteiger partial charge in [0.15, 0.2) is 0 Å². The fourth-order valence-corrected chi connectivity index (χ4v) is 2.73. The molecule has 8 heteroatoms. The van der Waals surface area contributed by atoms with Gasteiger partial charge in [-0.25, -0.2) is 0 Å². The number of hydrogen-bond acceptors (Lipinski definition) is 5. The van der Waals surface area contributed by atoms with Gasteiger partial charge in [0, 0.05) is 13.7 Å². The smallest absolute Gasteiger partial charge is 0.326 e. The molecule has 0 bridgehead atoms. The third-order valence-corrected chi connectivity index (χ3v) is 3.65. The summed E-state index contributed by atoms with van der Waals surface area (Å²) in [4.78, 5) is 11.6. The van der Waals surface area contributed by atoms with Gasteiger partial charge in [-0.3, -0.25) is 4.79 Å². The first-order valence-corrected chi connectivity index (χ1v) is 7.15. The van der Waals surface area contributed by atoms with E-state index < -0.39 is 21.7 Å². The van der Waals surface area contributed by atoms with E-state index in [1.54, 1.807) is 0 Å². The number of hydrogen-bond donors (Lipinski definition) is 2. The van der Waals surface area contributed by atoms with E-state index in [0.29, 0.717) is 12.8 Å². The molecule has 18 heavy (non-hydrogen) atoms. The SMILES string of the molecule is CCCC(C)(NS(=O)(=O)NCCOC)C(=O)OC. The Labute approximate surface area is 108 Å². The summed E-state index contributed by atoms with van der Waals surface area (Å²) in [5, 5.41) is 0. The monoisotopic (exact) mass is 282 g/mol. The highest BCUT2D eigenvalue weighted by molar-refractivity contribution is 7.87. The summed E-state index contributed by atoms with van der Waals surface area (Å²) in [5.41, 5.74) is -1.26. The second-order valence-corrected chi connectivity index (χ2v) is 5.57. The summed E-state index contributed by atoms with van der Waals surface area (Å²) in [5.74, 6) is -0.610. The molecule has 1 unspecified atom stereocenters. The van der Waals surface area contributed by atoms with Crippen molar-refractivity contribution >= 4 is 16.2 Å².